The monoisotopic (exact) mass is 436 g/mol. The summed E-state index contributed by atoms with van der Waals surface area (Å²) in [6.45, 7) is 7.09. The zero-order chi connectivity index (χ0) is 21.8. The van der Waals surface area contributed by atoms with Gasteiger partial charge < -0.3 is 9.47 Å². The molecule has 0 saturated heterocycles. The largest absolute Gasteiger partial charge is 0.486 e. The van der Waals surface area contributed by atoms with Crippen molar-refractivity contribution in [1.82, 2.24) is 4.68 Å². The average molecular weight is 436 g/mol. The Morgan fingerprint density at radius 1 is 1.26 bits per heavy atom. The van der Waals surface area contributed by atoms with Gasteiger partial charge in [-0.05, 0) is 25.1 Å². The fraction of sp³-hybridized carbons (Fsp3) is 0.182. The van der Waals surface area contributed by atoms with E-state index in [2.05, 4.69) is 11.6 Å². The van der Waals surface area contributed by atoms with Gasteiger partial charge in [0, 0.05) is 28.6 Å². The lowest BCUT2D eigenvalue weighted by molar-refractivity contribution is -0.384. The predicted molar refractivity (Wildman–Crippen MR) is 120 cm³/mol. The third-order valence-electron chi connectivity index (χ3n) is 4.60. The van der Waals surface area contributed by atoms with Crippen LogP contribution in [0, 0.1) is 10.1 Å². The Labute approximate surface area is 182 Å². The minimum Gasteiger partial charge on any atom is -0.486 e. The highest BCUT2D eigenvalue weighted by atomic mass is 32.1. The highest BCUT2D eigenvalue weighted by molar-refractivity contribution is 7.07. The van der Waals surface area contributed by atoms with Gasteiger partial charge in [0.2, 0.25) is 4.80 Å². The first-order valence-corrected chi connectivity index (χ1v) is 10.5. The minimum absolute atomic E-state index is 0.0207. The molecule has 3 aromatic rings. The van der Waals surface area contributed by atoms with Crippen molar-refractivity contribution in [3.63, 3.8) is 0 Å². The van der Waals surface area contributed by atoms with E-state index in [1.54, 1.807) is 16.8 Å². The van der Waals surface area contributed by atoms with Crippen molar-refractivity contribution >= 4 is 22.7 Å². The number of nitrogens with zero attached hydrogens (tertiary/aromatic N) is 4. The van der Waals surface area contributed by atoms with Crippen LogP contribution in [-0.2, 0) is 0 Å². The van der Waals surface area contributed by atoms with E-state index in [-0.39, 0.29) is 5.69 Å². The molecule has 9 heteroatoms. The van der Waals surface area contributed by atoms with E-state index >= 15 is 0 Å². The number of fused-ring (bicyclic) bond motifs is 1. The lowest BCUT2D eigenvalue weighted by atomic mass is 10.1. The summed E-state index contributed by atoms with van der Waals surface area (Å²) in [6, 6.07) is 12.2. The van der Waals surface area contributed by atoms with Gasteiger partial charge >= 0.3 is 0 Å². The smallest absolute Gasteiger partial charge is 0.270 e. The second-order valence-electron chi connectivity index (χ2n) is 6.70. The Morgan fingerprint density at radius 2 is 2.06 bits per heavy atom. The lowest BCUT2D eigenvalue weighted by Gasteiger charge is -2.18. The van der Waals surface area contributed by atoms with Gasteiger partial charge in [-0.25, -0.2) is 4.68 Å². The van der Waals surface area contributed by atoms with Crippen molar-refractivity contribution < 1.29 is 14.4 Å². The molecule has 0 fully saturated rings. The third kappa shape index (κ3) is 4.41. The maximum absolute atomic E-state index is 11.2. The van der Waals surface area contributed by atoms with Crippen LogP contribution in [-0.4, -0.2) is 35.1 Å². The molecule has 158 valence electrons. The molecule has 2 heterocycles. The van der Waals surface area contributed by atoms with Crippen molar-refractivity contribution in [3.05, 3.63) is 81.0 Å². The number of benzene rings is 2. The molecule has 0 unspecified atom stereocenters. The Bertz CT molecular complexity index is 1240. The van der Waals surface area contributed by atoms with E-state index < -0.39 is 4.92 Å². The summed E-state index contributed by atoms with van der Waals surface area (Å²) in [5.41, 5.74) is 3.04. The average Bonchev–Trinajstić information content (AvgIpc) is 3.19. The van der Waals surface area contributed by atoms with E-state index in [1.165, 1.54) is 23.5 Å². The molecule has 4 rings (SSSR count). The molecule has 0 atom stereocenters. The number of non-ortho nitro benzene ring substituents is 1. The van der Waals surface area contributed by atoms with Crippen molar-refractivity contribution in [3.8, 4) is 22.8 Å². The van der Waals surface area contributed by atoms with Gasteiger partial charge in [0.15, 0.2) is 11.5 Å². The summed E-state index contributed by atoms with van der Waals surface area (Å²) >= 11 is 1.41. The maximum atomic E-state index is 11.2. The van der Waals surface area contributed by atoms with Crippen molar-refractivity contribution in [2.45, 2.75) is 6.92 Å². The predicted octanol–water partition coefficient (Wildman–Crippen LogP) is 4.26. The van der Waals surface area contributed by atoms with E-state index in [0.717, 1.165) is 11.3 Å². The second kappa shape index (κ2) is 8.97. The Morgan fingerprint density at radius 3 is 2.84 bits per heavy atom. The summed E-state index contributed by atoms with van der Waals surface area (Å²) in [6.07, 6.45) is 1.70. The van der Waals surface area contributed by atoms with Crippen LogP contribution in [0.2, 0.25) is 0 Å². The van der Waals surface area contributed by atoms with Crippen molar-refractivity contribution in [2.75, 3.05) is 19.8 Å². The molecule has 1 aliphatic heterocycles. The summed E-state index contributed by atoms with van der Waals surface area (Å²) in [5.74, 6) is 1.40. The van der Waals surface area contributed by atoms with Gasteiger partial charge in [-0.3, -0.25) is 15.1 Å². The third-order valence-corrected chi connectivity index (χ3v) is 5.46. The van der Waals surface area contributed by atoms with Crippen LogP contribution in [0.3, 0.4) is 0 Å². The van der Waals surface area contributed by atoms with Crippen molar-refractivity contribution in [2.24, 2.45) is 10.1 Å². The van der Waals surface area contributed by atoms with E-state index in [0.29, 0.717) is 47.3 Å². The molecule has 8 nitrogen and oxygen atoms in total. The van der Waals surface area contributed by atoms with Gasteiger partial charge in [-0.15, -0.1) is 17.9 Å². The zero-order valence-electron chi connectivity index (χ0n) is 16.9. The second-order valence-corrected chi connectivity index (χ2v) is 7.53. The van der Waals surface area contributed by atoms with Crippen LogP contribution >= 0.6 is 11.3 Å². The molecule has 1 aromatic heterocycles. The molecule has 0 radical (unpaired) electrons. The summed E-state index contributed by atoms with van der Waals surface area (Å²) in [5, 5.41) is 17.9. The molecular weight excluding hydrogens is 416 g/mol. The SMILES string of the molecule is C=CCN=c1scc(-c2cccc([N+](=O)[O-])c2)n1N=C(C)c1ccc2c(c1)OCCO2. The van der Waals surface area contributed by atoms with Crippen LogP contribution in [0.5, 0.6) is 11.5 Å². The molecule has 0 aliphatic carbocycles. The molecule has 1 aliphatic rings. The Kier molecular flexibility index (Phi) is 5.94. The topological polar surface area (TPSA) is 91.2 Å². The van der Waals surface area contributed by atoms with Crippen LogP contribution in [0.15, 0.2) is 70.6 Å². The number of nitro benzene ring substituents is 1. The zero-order valence-corrected chi connectivity index (χ0v) is 17.7. The molecule has 0 amide bonds. The molecule has 31 heavy (non-hydrogen) atoms. The lowest BCUT2D eigenvalue weighted by Crippen LogP contribution is -2.16. The van der Waals surface area contributed by atoms with Gasteiger partial charge in [-0.2, -0.15) is 5.10 Å². The van der Waals surface area contributed by atoms with Crippen LogP contribution in [0.25, 0.3) is 11.3 Å². The van der Waals surface area contributed by atoms with Crippen LogP contribution < -0.4 is 14.3 Å². The number of hydrogen-bond acceptors (Lipinski definition) is 7. The summed E-state index contributed by atoms with van der Waals surface area (Å²) in [7, 11) is 0. The summed E-state index contributed by atoms with van der Waals surface area (Å²) in [4.78, 5) is 16.0. The van der Waals surface area contributed by atoms with Crippen LogP contribution in [0.4, 0.5) is 5.69 Å². The first-order valence-electron chi connectivity index (χ1n) is 9.59. The van der Waals surface area contributed by atoms with E-state index in [4.69, 9.17) is 14.6 Å². The number of nitro groups is 1. The molecule has 2 aromatic carbocycles. The summed E-state index contributed by atoms with van der Waals surface area (Å²) < 4.78 is 13.0. The molecule has 0 N–H and O–H groups in total. The molecule has 0 bridgehead atoms. The van der Waals surface area contributed by atoms with Crippen LogP contribution in [0.1, 0.15) is 12.5 Å². The number of ether oxygens (including phenoxy) is 2. The quantitative estimate of drug-likeness (QED) is 0.250. The molecule has 0 saturated carbocycles. The van der Waals surface area contributed by atoms with Gasteiger partial charge in [0.25, 0.3) is 5.69 Å². The van der Waals surface area contributed by atoms with Crippen molar-refractivity contribution in [1.29, 1.82) is 0 Å². The Balaban J connectivity index is 1.81. The number of rotatable bonds is 6. The van der Waals surface area contributed by atoms with Gasteiger partial charge in [0.05, 0.1) is 22.9 Å². The highest BCUT2D eigenvalue weighted by Gasteiger charge is 2.15. The first kappa shape index (κ1) is 20.5. The number of hydrogen-bond donors (Lipinski definition) is 0. The number of thiazole rings is 1. The van der Waals surface area contributed by atoms with Gasteiger partial charge in [-0.1, -0.05) is 18.2 Å². The minimum atomic E-state index is -0.410. The number of aromatic nitrogens is 1. The first-order chi connectivity index (χ1) is 15.1. The maximum Gasteiger partial charge on any atom is 0.270 e. The van der Waals surface area contributed by atoms with E-state index in [9.17, 15) is 10.1 Å². The standard InChI is InChI=1S/C22H20N4O4S/c1-3-9-23-22-25(19(14-31-22)17-5-4-6-18(12-17)26(27)28)24-15(2)16-7-8-20-21(13-16)30-11-10-29-20/h3-8,12-14H,1,9-11H2,2H3. The molecular formula is C22H20N4O4S. The highest BCUT2D eigenvalue weighted by Crippen LogP contribution is 2.31. The fourth-order valence-corrected chi connectivity index (χ4v) is 3.94. The normalized spacial score (nSPS) is 13.8. The van der Waals surface area contributed by atoms with Gasteiger partial charge in [0.1, 0.15) is 13.2 Å². The Hall–Kier alpha value is -3.72. The molecule has 0 spiro atoms. The van der Waals surface area contributed by atoms with E-state index in [1.807, 2.05) is 36.6 Å². The fourth-order valence-electron chi connectivity index (χ4n) is 3.10.